The van der Waals surface area contributed by atoms with Crippen molar-refractivity contribution >= 4 is 58.0 Å². The van der Waals surface area contributed by atoms with Crippen molar-refractivity contribution < 1.29 is 23.8 Å². The van der Waals surface area contributed by atoms with E-state index in [2.05, 4.69) is 39.7 Å². The number of hydrogen-bond acceptors (Lipinski definition) is 7. The van der Waals surface area contributed by atoms with Crippen LogP contribution >= 0.6 is 34.4 Å². The van der Waals surface area contributed by atoms with Gasteiger partial charge in [0.15, 0.2) is 23.6 Å². The summed E-state index contributed by atoms with van der Waals surface area (Å²) < 4.78 is 17.4. The van der Waals surface area contributed by atoms with Crippen LogP contribution in [0, 0.1) is 9.49 Å². The number of ether oxygens (including phenoxy) is 3. The molecule has 1 saturated carbocycles. The molecule has 204 valence electrons. The van der Waals surface area contributed by atoms with Gasteiger partial charge < -0.3 is 24.4 Å². The van der Waals surface area contributed by atoms with Gasteiger partial charge in [-0.2, -0.15) is 0 Å². The van der Waals surface area contributed by atoms with E-state index < -0.39 is 5.97 Å². The Kier molecular flexibility index (Phi) is 10.2. The Morgan fingerprint density at radius 1 is 1.13 bits per heavy atom. The first-order chi connectivity index (χ1) is 18.4. The summed E-state index contributed by atoms with van der Waals surface area (Å²) in [5.74, 6) is 1.10. The molecule has 1 saturated heterocycles. The maximum atomic E-state index is 13.8. The molecule has 2 aromatic rings. The number of hydrogen-bond donors (Lipinski definition) is 1. The second-order valence-electron chi connectivity index (χ2n) is 9.39. The quantitative estimate of drug-likeness (QED) is 0.178. The molecule has 1 aliphatic heterocycles. The zero-order chi connectivity index (χ0) is 27.1. The zero-order valence-corrected chi connectivity index (χ0v) is 25.0. The van der Waals surface area contributed by atoms with Crippen molar-refractivity contribution in [2.24, 2.45) is 5.92 Å². The van der Waals surface area contributed by atoms with Crippen LogP contribution in [0.2, 0.25) is 0 Å². The fourth-order valence-corrected chi connectivity index (χ4v) is 6.92. The van der Waals surface area contributed by atoms with Gasteiger partial charge in [0.05, 0.1) is 21.7 Å². The van der Waals surface area contributed by atoms with Crippen molar-refractivity contribution in [1.82, 2.24) is 4.90 Å². The number of benzene rings is 2. The molecule has 9 heteroatoms. The number of rotatable bonds is 10. The van der Waals surface area contributed by atoms with Crippen LogP contribution in [-0.4, -0.2) is 48.1 Å². The third-order valence-corrected chi connectivity index (χ3v) is 8.61. The summed E-state index contributed by atoms with van der Waals surface area (Å²) in [5.41, 5.74) is 1.65. The van der Waals surface area contributed by atoms with Gasteiger partial charge in [0.1, 0.15) is 0 Å². The number of thioether (sulfide) groups is 1. The number of esters is 1. The Morgan fingerprint density at radius 2 is 1.89 bits per heavy atom. The topological polar surface area (TPSA) is 77.1 Å². The second-order valence-corrected chi connectivity index (χ2v) is 11.7. The van der Waals surface area contributed by atoms with E-state index in [4.69, 9.17) is 14.2 Å². The normalized spacial score (nSPS) is 22.4. The number of nitrogens with zero attached hydrogens (tertiary/aromatic N) is 1. The fourth-order valence-electron chi connectivity index (χ4n) is 4.93. The molecule has 1 aliphatic carbocycles. The zero-order valence-electron chi connectivity index (χ0n) is 22.1. The summed E-state index contributed by atoms with van der Waals surface area (Å²) >= 11 is 3.72. The number of nitrogens with one attached hydrogen (secondary N) is 1. The van der Waals surface area contributed by atoms with Crippen LogP contribution in [0.1, 0.15) is 52.0 Å². The van der Waals surface area contributed by atoms with Crippen molar-refractivity contribution in [3.63, 3.8) is 0 Å². The lowest BCUT2D eigenvalue weighted by molar-refractivity contribution is -0.145. The summed E-state index contributed by atoms with van der Waals surface area (Å²) in [4.78, 5) is 28.4. The number of carbonyl (C=O) groups excluding carboxylic acids is 2. The Labute approximate surface area is 242 Å². The van der Waals surface area contributed by atoms with Gasteiger partial charge in [-0.05, 0) is 91.1 Å². The van der Waals surface area contributed by atoms with E-state index in [1.165, 1.54) is 6.42 Å². The van der Waals surface area contributed by atoms with Crippen molar-refractivity contribution in [3.05, 3.63) is 56.5 Å². The molecule has 2 fully saturated rings. The Hall–Kier alpha value is -2.40. The van der Waals surface area contributed by atoms with Gasteiger partial charge in [-0.3, -0.25) is 4.79 Å². The molecule has 0 aromatic heterocycles. The molecule has 1 unspecified atom stereocenters. The van der Waals surface area contributed by atoms with Gasteiger partial charge in [-0.15, -0.1) is 0 Å². The van der Waals surface area contributed by atoms with Gasteiger partial charge in [0.2, 0.25) is 0 Å². The van der Waals surface area contributed by atoms with E-state index in [-0.39, 0.29) is 24.1 Å². The van der Waals surface area contributed by atoms with Crippen LogP contribution in [0.15, 0.2) is 47.4 Å². The highest BCUT2D eigenvalue weighted by Gasteiger charge is 2.43. The minimum atomic E-state index is -0.432. The number of amides is 1. The largest absolute Gasteiger partial charge is 0.490 e. The number of para-hydroxylation sites is 1. The minimum absolute atomic E-state index is 0.0535. The first kappa shape index (κ1) is 28.6. The molecule has 1 amide bonds. The molecular weight excluding hydrogens is 615 g/mol. The smallest absolute Gasteiger partial charge is 0.344 e. The van der Waals surface area contributed by atoms with Gasteiger partial charge >= 0.3 is 5.97 Å². The first-order valence-electron chi connectivity index (χ1n) is 13.2. The Morgan fingerprint density at radius 3 is 2.61 bits per heavy atom. The number of anilines is 1. The van der Waals surface area contributed by atoms with Gasteiger partial charge in [-0.25, -0.2) is 4.79 Å². The predicted molar refractivity (Wildman–Crippen MR) is 160 cm³/mol. The standard InChI is InChI=1S/C29H35IN2O5S/c1-4-35-24-16-20(15-22(30)27(24)37-18-26(33)36-5-2)17-25-28(34)32(23-14-10-9-11-19(23)3)29(38-25)31-21-12-7-6-8-13-21/h6-8,12-13,15-17,19,23,29,31H,4-5,9-11,14,18H2,1-3H3/b25-17-/t19-,23-,29?/m1/s1. The predicted octanol–water partition coefficient (Wildman–Crippen LogP) is 6.52. The lowest BCUT2D eigenvalue weighted by Gasteiger charge is -2.39. The van der Waals surface area contributed by atoms with Crippen molar-refractivity contribution in [2.75, 3.05) is 25.1 Å². The molecule has 0 radical (unpaired) electrons. The molecular formula is C29H35IN2O5S. The summed E-state index contributed by atoms with van der Waals surface area (Å²) in [6.45, 7) is 6.46. The highest BCUT2D eigenvalue weighted by Crippen LogP contribution is 2.43. The maximum absolute atomic E-state index is 13.8. The van der Waals surface area contributed by atoms with Gasteiger partial charge in [0, 0.05) is 11.7 Å². The molecule has 3 atom stereocenters. The highest BCUT2D eigenvalue weighted by molar-refractivity contribution is 14.1. The molecule has 0 spiro atoms. The molecule has 38 heavy (non-hydrogen) atoms. The molecule has 0 bridgehead atoms. The van der Waals surface area contributed by atoms with E-state index in [9.17, 15) is 9.59 Å². The molecule has 1 N–H and O–H groups in total. The third-order valence-electron chi connectivity index (χ3n) is 6.69. The number of carbonyl (C=O) groups is 2. The van der Waals surface area contributed by atoms with Gasteiger partial charge in [0.25, 0.3) is 5.91 Å². The second kappa shape index (κ2) is 13.6. The van der Waals surface area contributed by atoms with Crippen LogP contribution in [-0.2, 0) is 14.3 Å². The maximum Gasteiger partial charge on any atom is 0.344 e. The van der Waals surface area contributed by atoms with E-state index >= 15 is 0 Å². The Balaban J connectivity index is 1.62. The summed E-state index contributed by atoms with van der Waals surface area (Å²) in [6, 6.07) is 14.0. The monoisotopic (exact) mass is 650 g/mol. The molecule has 2 aromatic carbocycles. The van der Waals surface area contributed by atoms with E-state index in [0.717, 1.165) is 34.1 Å². The van der Waals surface area contributed by atoms with Gasteiger partial charge in [-0.1, -0.05) is 49.7 Å². The van der Waals surface area contributed by atoms with Crippen molar-refractivity contribution in [2.45, 2.75) is 58.0 Å². The minimum Gasteiger partial charge on any atom is -0.490 e. The third kappa shape index (κ3) is 6.97. The van der Waals surface area contributed by atoms with Crippen LogP contribution < -0.4 is 14.8 Å². The fraction of sp³-hybridized carbons (Fsp3) is 0.448. The van der Waals surface area contributed by atoms with E-state index in [1.807, 2.05) is 55.5 Å². The highest BCUT2D eigenvalue weighted by atomic mass is 127. The first-order valence-corrected chi connectivity index (χ1v) is 15.1. The SMILES string of the molecule is CCOC(=O)COc1c(I)cc(/C=C2\SC(Nc3ccccc3)N([C@@H]3CCCC[C@H]3C)C2=O)cc1OCC. The number of halogens is 1. The lowest BCUT2D eigenvalue weighted by atomic mass is 9.85. The van der Waals surface area contributed by atoms with Crippen molar-refractivity contribution in [1.29, 1.82) is 0 Å². The van der Waals surface area contributed by atoms with Crippen LogP contribution in [0.3, 0.4) is 0 Å². The summed E-state index contributed by atoms with van der Waals surface area (Å²) in [7, 11) is 0. The molecule has 1 heterocycles. The van der Waals surface area contributed by atoms with Crippen molar-refractivity contribution in [3.8, 4) is 11.5 Å². The lowest BCUT2D eigenvalue weighted by Crippen LogP contribution is -2.48. The summed E-state index contributed by atoms with van der Waals surface area (Å²) in [6.07, 6.45) is 6.45. The van der Waals surface area contributed by atoms with E-state index in [0.29, 0.717) is 35.5 Å². The Bertz CT molecular complexity index is 1160. The molecule has 7 nitrogen and oxygen atoms in total. The van der Waals surface area contributed by atoms with Crippen LogP contribution in [0.25, 0.3) is 6.08 Å². The van der Waals surface area contributed by atoms with E-state index in [1.54, 1.807) is 18.7 Å². The molecule has 2 aliphatic rings. The summed E-state index contributed by atoms with van der Waals surface area (Å²) in [5, 5.41) is 3.58. The average molecular weight is 651 g/mol. The van der Waals surface area contributed by atoms with Crippen LogP contribution in [0.5, 0.6) is 11.5 Å². The van der Waals surface area contributed by atoms with Crippen LogP contribution in [0.4, 0.5) is 5.69 Å². The molecule has 4 rings (SSSR count). The average Bonchev–Trinajstić information content (AvgIpc) is 3.18.